The van der Waals surface area contributed by atoms with Crippen molar-refractivity contribution in [2.45, 2.75) is 13.8 Å². The number of aryl methyl sites for hydroxylation is 1. The lowest BCUT2D eigenvalue weighted by Gasteiger charge is -2.10. The Kier molecular flexibility index (Phi) is 5.36. The van der Waals surface area contributed by atoms with E-state index in [1.165, 1.54) is 17.4 Å². The molecule has 8 heteroatoms. The molecule has 0 aliphatic rings. The molecule has 22 heavy (non-hydrogen) atoms. The van der Waals surface area contributed by atoms with E-state index in [0.717, 1.165) is 6.20 Å². The SMILES string of the molecule is Cc1nc(-c2cncc(F)c2)sc1NC(=O)C(C)CS(C)=N. The van der Waals surface area contributed by atoms with E-state index in [1.807, 2.05) is 0 Å². The van der Waals surface area contributed by atoms with Crippen LogP contribution >= 0.6 is 11.3 Å². The quantitative estimate of drug-likeness (QED) is 0.877. The molecule has 1 amide bonds. The van der Waals surface area contributed by atoms with Gasteiger partial charge in [-0.05, 0) is 19.2 Å². The van der Waals surface area contributed by atoms with Gasteiger partial charge in [0, 0.05) is 23.4 Å². The fourth-order valence-electron chi connectivity index (χ4n) is 1.85. The maximum absolute atomic E-state index is 13.2. The molecule has 2 N–H and O–H groups in total. The number of rotatable bonds is 5. The highest BCUT2D eigenvalue weighted by molar-refractivity contribution is 7.85. The number of nitrogens with one attached hydrogen (secondary N) is 2. The Bertz CT molecular complexity index is 717. The van der Waals surface area contributed by atoms with Crippen molar-refractivity contribution in [3.63, 3.8) is 0 Å². The average Bonchev–Trinajstić information content (AvgIpc) is 2.79. The molecule has 2 rings (SSSR count). The van der Waals surface area contributed by atoms with E-state index >= 15 is 0 Å². The fraction of sp³-hybridized carbons (Fsp3) is 0.357. The minimum absolute atomic E-state index is 0.123. The lowest BCUT2D eigenvalue weighted by atomic mass is 10.2. The van der Waals surface area contributed by atoms with Gasteiger partial charge in [-0.3, -0.25) is 14.6 Å². The monoisotopic (exact) mass is 340 g/mol. The second-order valence-electron chi connectivity index (χ2n) is 5.02. The zero-order valence-electron chi connectivity index (χ0n) is 12.5. The zero-order chi connectivity index (χ0) is 16.3. The summed E-state index contributed by atoms with van der Waals surface area (Å²) in [6.07, 6.45) is 4.46. The first-order valence-corrected chi connectivity index (χ1v) is 9.21. The third-order valence-electron chi connectivity index (χ3n) is 2.93. The summed E-state index contributed by atoms with van der Waals surface area (Å²) in [6.45, 7) is 3.60. The van der Waals surface area contributed by atoms with Crippen LogP contribution in [-0.4, -0.2) is 27.9 Å². The maximum Gasteiger partial charge on any atom is 0.228 e. The van der Waals surface area contributed by atoms with Crippen molar-refractivity contribution >= 4 is 32.9 Å². The van der Waals surface area contributed by atoms with Gasteiger partial charge < -0.3 is 5.32 Å². The number of hydrogen-bond donors (Lipinski definition) is 2. The van der Waals surface area contributed by atoms with Crippen LogP contribution in [0.25, 0.3) is 10.6 Å². The Labute approximate surface area is 134 Å². The van der Waals surface area contributed by atoms with Crippen molar-refractivity contribution in [2.24, 2.45) is 5.92 Å². The molecule has 2 unspecified atom stereocenters. The van der Waals surface area contributed by atoms with Crippen LogP contribution in [0, 0.1) is 23.4 Å². The largest absolute Gasteiger partial charge is 0.316 e. The fourth-order valence-corrected chi connectivity index (χ4v) is 3.70. The highest BCUT2D eigenvalue weighted by Crippen LogP contribution is 2.31. The van der Waals surface area contributed by atoms with Crippen LogP contribution in [0.1, 0.15) is 12.6 Å². The Morgan fingerprint density at radius 1 is 1.55 bits per heavy atom. The highest BCUT2D eigenvalue weighted by Gasteiger charge is 2.17. The first kappa shape index (κ1) is 16.7. The molecule has 0 bridgehead atoms. The van der Waals surface area contributed by atoms with E-state index in [1.54, 1.807) is 26.3 Å². The van der Waals surface area contributed by atoms with Gasteiger partial charge in [0.05, 0.1) is 11.9 Å². The molecular formula is C14H17FN4OS2. The summed E-state index contributed by atoms with van der Waals surface area (Å²) in [4.78, 5) is 20.3. The van der Waals surface area contributed by atoms with Crippen LogP contribution in [0.2, 0.25) is 0 Å². The lowest BCUT2D eigenvalue weighted by Crippen LogP contribution is -2.24. The number of nitrogens with zero attached hydrogens (tertiary/aromatic N) is 2. The van der Waals surface area contributed by atoms with Crippen molar-refractivity contribution in [2.75, 3.05) is 17.3 Å². The van der Waals surface area contributed by atoms with Crippen molar-refractivity contribution in [1.82, 2.24) is 9.97 Å². The summed E-state index contributed by atoms with van der Waals surface area (Å²) in [7, 11) is -0.530. The predicted octanol–water partition coefficient (Wildman–Crippen LogP) is 3.24. The molecule has 0 saturated heterocycles. The molecule has 5 nitrogen and oxygen atoms in total. The van der Waals surface area contributed by atoms with E-state index in [2.05, 4.69) is 15.3 Å². The topological polar surface area (TPSA) is 78.7 Å². The van der Waals surface area contributed by atoms with Crippen LogP contribution < -0.4 is 5.32 Å². The Morgan fingerprint density at radius 2 is 2.27 bits per heavy atom. The molecule has 118 valence electrons. The van der Waals surface area contributed by atoms with Crippen molar-refractivity contribution in [1.29, 1.82) is 4.78 Å². The maximum atomic E-state index is 13.2. The van der Waals surface area contributed by atoms with E-state index < -0.39 is 16.5 Å². The number of aromatic nitrogens is 2. The Morgan fingerprint density at radius 3 is 2.91 bits per heavy atom. The van der Waals surface area contributed by atoms with E-state index in [0.29, 0.717) is 27.0 Å². The standard InChI is InChI=1S/C14H17FN4OS2/c1-8(7-22(3)16)12(20)19-13-9(2)18-14(21-13)10-4-11(15)6-17-5-10/h4-6,8,16H,7H2,1-3H3,(H,19,20). The lowest BCUT2D eigenvalue weighted by molar-refractivity contribution is -0.118. The molecule has 2 aromatic heterocycles. The molecule has 0 spiro atoms. The van der Waals surface area contributed by atoms with E-state index in [-0.39, 0.29) is 11.8 Å². The molecular weight excluding hydrogens is 323 g/mol. The highest BCUT2D eigenvalue weighted by atomic mass is 32.2. The van der Waals surface area contributed by atoms with Crippen LogP contribution in [0.4, 0.5) is 9.39 Å². The first-order chi connectivity index (χ1) is 10.4. The number of hydrogen-bond acceptors (Lipinski definition) is 5. The number of anilines is 1. The molecule has 0 radical (unpaired) electrons. The number of carbonyl (C=O) groups is 1. The van der Waals surface area contributed by atoms with Gasteiger partial charge in [-0.15, -0.1) is 10.7 Å². The molecule has 2 atom stereocenters. The number of thiazole rings is 1. The van der Waals surface area contributed by atoms with Crippen LogP contribution in [0.5, 0.6) is 0 Å². The molecule has 2 aromatic rings. The summed E-state index contributed by atoms with van der Waals surface area (Å²) in [5, 5.41) is 4.11. The Hall–Kier alpha value is -1.67. The van der Waals surface area contributed by atoms with Gasteiger partial charge >= 0.3 is 0 Å². The van der Waals surface area contributed by atoms with Gasteiger partial charge in [0.15, 0.2) is 0 Å². The smallest absolute Gasteiger partial charge is 0.228 e. The number of halogens is 1. The minimum atomic E-state index is -0.530. The number of carbonyl (C=O) groups excluding carboxylic acids is 1. The van der Waals surface area contributed by atoms with Gasteiger partial charge in [0.25, 0.3) is 0 Å². The molecule has 0 aromatic carbocycles. The van der Waals surface area contributed by atoms with Gasteiger partial charge in [-0.25, -0.2) is 9.37 Å². The number of pyridine rings is 1. The molecule has 2 heterocycles. The minimum Gasteiger partial charge on any atom is -0.316 e. The molecule has 0 aliphatic carbocycles. The first-order valence-electron chi connectivity index (χ1n) is 6.59. The van der Waals surface area contributed by atoms with E-state index in [9.17, 15) is 9.18 Å². The van der Waals surface area contributed by atoms with Crippen LogP contribution in [0.15, 0.2) is 18.5 Å². The summed E-state index contributed by atoms with van der Waals surface area (Å²) in [5.74, 6) is -0.242. The van der Waals surface area contributed by atoms with Gasteiger partial charge in [0.2, 0.25) is 5.91 Å². The summed E-state index contributed by atoms with van der Waals surface area (Å²) in [5.41, 5.74) is 1.27. The second-order valence-corrected chi connectivity index (χ2v) is 7.63. The third-order valence-corrected chi connectivity index (χ3v) is 5.05. The van der Waals surface area contributed by atoms with Crippen LogP contribution in [-0.2, 0) is 15.5 Å². The van der Waals surface area contributed by atoms with Crippen molar-refractivity contribution < 1.29 is 9.18 Å². The summed E-state index contributed by atoms with van der Waals surface area (Å²) < 4.78 is 20.8. The molecule has 0 aliphatic heterocycles. The number of amides is 1. The van der Waals surface area contributed by atoms with Crippen molar-refractivity contribution in [3.8, 4) is 10.6 Å². The normalized spacial score (nSPS) is 13.6. The molecule has 0 saturated carbocycles. The van der Waals surface area contributed by atoms with Gasteiger partial charge in [0.1, 0.15) is 15.8 Å². The van der Waals surface area contributed by atoms with Gasteiger partial charge in [-0.2, -0.15) is 0 Å². The summed E-state index contributed by atoms with van der Waals surface area (Å²) >= 11 is 1.29. The summed E-state index contributed by atoms with van der Waals surface area (Å²) in [6, 6.07) is 1.36. The Balaban J connectivity index is 2.17. The predicted molar refractivity (Wildman–Crippen MR) is 88.7 cm³/mol. The third kappa shape index (κ3) is 4.17. The average molecular weight is 340 g/mol. The molecule has 0 fully saturated rings. The van der Waals surface area contributed by atoms with Crippen LogP contribution in [0.3, 0.4) is 0 Å². The van der Waals surface area contributed by atoms with Crippen molar-refractivity contribution in [3.05, 3.63) is 30.0 Å². The zero-order valence-corrected chi connectivity index (χ0v) is 14.1. The van der Waals surface area contributed by atoms with Gasteiger partial charge in [-0.1, -0.05) is 18.3 Å². The second kappa shape index (κ2) is 7.06. The van der Waals surface area contributed by atoms with E-state index in [4.69, 9.17) is 4.78 Å².